The molecule has 1 heterocycles. The van der Waals surface area contributed by atoms with Crippen LogP contribution in [0.2, 0.25) is 0 Å². The van der Waals surface area contributed by atoms with Crippen LogP contribution in [-0.4, -0.2) is 25.4 Å². The molecule has 2 aromatic rings. The first-order valence-corrected chi connectivity index (χ1v) is 8.53. The summed E-state index contributed by atoms with van der Waals surface area (Å²) >= 11 is 1.84. The summed E-state index contributed by atoms with van der Waals surface area (Å²) in [6.07, 6.45) is 0.933. The van der Waals surface area contributed by atoms with Crippen LogP contribution >= 0.6 is 11.8 Å². The summed E-state index contributed by atoms with van der Waals surface area (Å²) in [7, 11) is 1.58. The second-order valence-electron chi connectivity index (χ2n) is 5.23. The maximum absolute atomic E-state index is 12.2. The van der Waals surface area contributed by atoms with Crippen molar-refractivity contribution in [1.29, 1.82) is 0 Å². The Morgan fingerprint density at radius 1 is 1.17 bits per heavy atom. The van der Waals surface area contributed by atoms with E-state index < -0.39 is 0 Å². The lowest BCUT2D eigenvalue weighted by molar-refractivity contribution is -0.123. The van der Waals surface area contributed by atoms with E-state index in [4.69, 9.17) is 9.47 Å². The molecule has 0 aromatic heterocycles. The minimum atomic E-state index is -0.123. The third-order valence-electron chi connectivity index (χ3n) is 3.72. The van der Waals surface area contributed by atoms with Gasteiger partial charge in [-0.05, 0) is 30.2 Å². The van der Waals surface area contributed by atoms with E-state index in [-0.39, 0.29) is 18.6 Å². The monoisotopic (exact) mass is 329 g/mol. The van der Waals surface area contributed by atoms with E-state index in [1.807, 2.05) is 42.1 Å². The number of rotatable bonds is 5. The first kappa shape index (κ1) is 15.7. The fraction of sp³-hybridized carbons (Fsp3) is 0.278. The zero-order chi connectivity index (χ0) is 16.1. The Morgan fingerprint density at radius 2 is 1.91 bits per heavy atom. The number of hydrogen-bond acceptors (Lipinski definition) is 4. The average molecular weight is 329 g/mol. The van der Waals surface area contributed by atoms with Gasteiger partial charge in [-0.3, -0.25) is 4.79 Å². The number of ether oxygens (including phenoxy) is 2. The van der Waals surface area contributed by atoms with Crippen molar-refractivity contribution in [1.82, 2.24) is 5.32 Å². The first-order valence-electron chi connectivity index (χ1n) is 7.55. The molecule has 0 saturated carbocycles. The lowest BCUT2D eigenvalue weighted by atomic mass is 10.0. The summed E-state index contributed by atoms with van der Waals surface area (Å²) in [4.78, 5) is 13.5. The third kappa shape index (κ3) is 3.79. The van der Waals surface area contributed by atoms with E-state index in [2.05, 4.69) is 17.4 Å². The Balaban J connectivity index is 1.60. The van der Waals surface area contributed by atoms with Crippen LogP contribution in [0.25, 0.3) is 0 Å². The van der Waals surface area contributed by atoms with E-state index in [0.717, 1.165) is 12.2 Å². The molecular formula is C18H19NO3S. The molecule has 0 aliphatic carbocycles. The summed E-state index contributed by atoms with van der Waals surface area (Å²) in [6, 6.07) is 15.6. The smallest absolute Gasteiger partial charge is 0.258 e. The summed E-state index contributed by atoms with van der Waals surface area (Å²) < 4.78 is 10.8. The first-order chi connectivity index (χ1) is 11.3. The van der Waals surface area contributed by atoms with E-state index in [1.54, 1.807) is 13.2 Å². The molecule has 0 spiro atoms. The highest BCUT2D eigenvalue weighted by Gasteiger charge is 2.22. The lowest BCUT2D eigenvalue weighted by Gasteiger charge is -2.25. The number of nitrogens with one attached hydrogen (secondary N) is 1. The second kappa shape index (κ2) is 7.42. The summed E-state index contributed by atoms with van der Waals surface area (Å²) in [6.45, 7) is -0.0216. The quantitative estimate of drug-likeness (QED) is 0.913. The van der Waals surface area contributed by atoms with Crippen LogP contribution in [0, 0.1) is 0 Å². The van der Waals surface area contributed by atoms with Crippen LogP contribution in [0.3, 0.4) is 0 Å². The molecule has 1 aliphatic heterocycles. The molecule has 23 heavy (non-hydrogen) atoms. The molecule has 0 bridgehead atoms. The normalized spacial score (nSPS) is 16.3. The Labute approximate surface area is 140 Å². The maximum Gasteiger partial charge on any atom is 0.258 e. The highest BCUT2D eigenvalue weighted by atomic mass is 32.2. The minimum absolute atomic E-state index is 0.0216. The zero-order valence-corrected chi connectivity index (χ0v) is 13.8. The molecule has 0 unspecified atom stereocenters. The predicted octanol–water partition coefficient (Wildman–Crippen LogP) is 3.43. The maximum atomic E-state index is 12.2. The standard InChI is InChI=1S/C18H19NO3S/c1-21-15-7-3-4-8-16(15)22-12-18(20)19-14-10-11-23-17-9-5-2-6-13(14)17/h2-9,14H,10-12H2,1H3,(H,19,20)/t14-/m0/s1. The van der Waals surface area contributed by atoms with Crippen molar-refractivity contribution in [2.24, 2.45) is 0 Å². The molecule has 1 aliphatic rings. The number of fused-ring (bicyclic) bond motifs is 1. The van der Waals surface area contributed by atoms with Crippen LogP contribution < -0.4 is 14.8 Å². The Kier molecular flexibility index (Phi) is 5.08. The van der Waals surface area contributed by atoms with Crippen molar-refractivity contribution in [3.63, 3.8) is 0 Å². The van der Waals surface area contributed by atoms with E-state index in [0.29, 0.717) is 11.5 Å². The van der Waals surface area contributed by atoms with Gasteiger partial charge in [0.1, 0.15) is 0 Å². The topological polar surface area (TPSA) is 47.6 Å². The molecule has 4 nitrogen and oxygen atoms in total. The van der Waals surface area contributed by atoms with Crippen LogP contribution in [0.4, 0.5) is 0 Å². The van der Waals surface area contributed by atoms with Gasteiger partial charge in [-0.25, -0.2) is 0 Å². The molecule has 3 rings (SSSR count). The molecule has 1 atom stereocenters. The molecule has 1 amide bonds. The number of carbonyl (C=O) groups excluding carboxylic acids is 1. The van der Waals surface area contributed by atoms with Gasteiger partial charge in [-0.1, -0.05) is 30.3 Å². The van der Waals surface area contributed by atoms with Crippen molar-refractivity contribution < 1.29 is 14.3 Å². The highest BCUT2D eigenvalue weighted by Crippen LogP contribution is 2.35. The van der Waals surface area contributed by atoms with E-state index >= 15 is 0 Å². The van der Waals surface area contributed by atoms with Gasteiger partial charge in [0.25, 0.3) is 5.91 Å². The van der Waals surface area contributed by atoms with Crippen LogP contribution in [0.15, 0.2) is 53.4 Å². The largest absolute Gasteiger partial charge is 0.493 e. The van der Waals surface area contributed by atoms with Crippen LogP contribution in [0.1, 0.15) is 18.0 Å². The van der Waals surface area contributed by atoms with Gasteiger partial charge >= 0.3 is 0 Å². The van der Waals surface area contributed by atoms with Crippen LogP contribution in [-0.2, 0) is 4.79 Å². The molecule has 0 saturated heterocycles. The molecule has 1 N–H and O–H groups in total. The Hall–Kier alpha value is -2.14. The number of para-hydroxylation sites is 2. The summed E-state index contributed by atoms with van der Waals surface area (Å²) in [5.41, 5.74) is 1.19. The van der Waals surface area contributed by atoms with Gasteiger partial charge in [0.05, 0.1) is 13.2 Å². The van der Waals surface area contributed by atoms with Gasteiger partial charge in [-0.15, -0.1) is 11.8 Å². The average Bonchev–Trinajstić information content (AvgIpc) is 2.60. The number of thioether (sulfide) groups is 1. The van der Waals surface area contributed by atoms with Crippen molar-refractivity contribution in [2.45, 2.75) is 17.4 Å². The van der Waals surface area contributed by atoms with Gasteiger partial charge < -0.3 is 14.8 Å². The van der Waals surface area contributed by atoms with Gasteiger partial charge in [0.15, 0.2) is 18.1 Å². The summed E-state index contributed by atoms with van der Waals surface area (Å²) in [5, 5.41) is 3.06. The molecule has 0 fully saturated rings. The number of benzene rings is 2. The highest BCUT2D eigenvalue weighted by molar-refractivity contribution is 7.99. The molecule has 2 aromatic carbocycles. The van der Waals surface area contributed by atoms with Crippen molar-refractivity contribution in [3.8, 4) is 11.5 Å². The Bertz CT molecular complexity index is 689. The zero-order valence-electron chi connectivity index (χ0n) is 13.0. The summed E-state index contributed by atoms with van der Waals surface area (Å²) in [5.74, 6) is 2.09. The van der Waals surface area contributed by atoms with E-state index in [1.165, 1.54) is 10.5 Å². The number of carbonyl (C=O) groups is 1. The van der Waals surface area contributed by atoms with Crippen molar-refractivity contribution in [3.05, 3.63) is 54.1 Å². The van der Waals surface area contributed by atoms with Crippen molar-refractivity contribution in [2.75, 3.05) is 19.5 Å². The van der Waals surface area contributed by atoms with Crippen LogP contribution in [0.5, 0.6) is 11.5 Å². The second-order valence-corrected chi connectivity index (χ2v) is 6.37. The SMILES string of the molecule is COc1ccccc1OCC(=O)N[C@H]1CCSc2ccccc21. The minimum Gasteiger partial charge on any atom is -0.493 e. The Morgan fingerprint density at radius 3 is 2.74 bits per heavy atom. The lowest BCUT2D eigenvalue weighted by Crippen LogP contribution is -2.34. The predicted molar refractivity (Wildman–Crippen MR) is 91.2 cm³/mol. The fourth-order valence-corrected chi connectivity index (χ4v) is 3.73. The third-order valence-corrected chi connectivity index (χ3v) is 4.84. The number of methoxy groups -OCH3 is 1. The fourth-order valence-electron chi connectivity index (χ4n) is 2.61. The molecule has 5 heteroatoms. The van der Waals surface area contributed by atoms with Gasteiger partial charge in [0, 0.05) is 10.6 Å². The van der Waals surface area contributed by atoms with Gasteiger partial charge in [-0.2, -0.15) is 0 Å². The molecule has 0 radical (unpaired) electrons. The van der Waals surface area contributed by atoms with Gasteiger partial charge in [0.2, 0.25) is 0 Å². The number of amides is 1. The number of hydrogen-bond donors (Lipinski definition) is 1. The van der Waals surface area contributed by atoms with E-state index in [9.17, 15) is 4.79 Å². The molecule has 120 valence electrons. The molecular weight excluding hydrogens is 310 g/mol. The van der Waals surface area contributed by atoms with Crippen molar-refractivity contribution >= 4 is 17.7 Å².